The summed E-state index contributed by atoms with van der Waals surface area (Å²) in [6.45, 7) is 14.0. The van der Waals surface area contributed by atoms with Crippen LogP contribution in [0.4, 0.5) is 0 Å². The predicted molar refractivity (Wildman–Crippen MR) is 80.0 cm³/mol. The second-order valence-electron chi connectivity index (χ2n) is 8.15. The average molecular weight is 244 g/mol. The molecule has 1 aliphatic rings. The Labute approximate surface area is 113 Å². The topological polar surface area (TPSA) is 0 Å². The van der Waals surface area contributed by atoms with Gasteiger partial charge < -0.3 is 0 Å². The largest absolute Gasteiger partial charge is 0.0596 e. The number of rotatable bonds is 2. The van der Waals surface area contributed by atoms with Crippen LogP contribution in [0.1, 0.15) is 65.5 Å². The summed E-state index contributed by atoms with van der Waals surface area (Å²) in [6.07, 6.45) is 4.05. The van der Waals surface area contributed by atoms with Crippen LogP contribution in [0.15, 0.2) is 24.3 Å². The highest BCUT2D eigenvalue weighted by molar-refractivity contribution is 5.29. The minimum Gasteiger partial charge on any atom is -0.0596 e. The average Bonchev–Trinajstić information content (AvgIpc) is 2.97. The monoisotopic (exact) mass is 244 g/mol. The normalized spacial score (nSPS) is 18.8. The summed E-state index contributed by atoms with van der Waals surface area (Å²) in [6, 6.07) is 9.31. The Morgan fingerprint density at radius 3 is 1.72 bits per heavy atom. The fraction of sp³-hybridized carbons (Fsp3) is 0.667. The zero-order chi connectivity index (χ0) is 13.6. The van der Waals surface area contributed by atoms with Crippen molar-refractivity contribution < 1.29 is 0 Å². The number of benzene rings is 1. The van der Waals surface area contributed by atoms with Crippen LogP contribution in [-0.2, 0) is 11.8 Å². The summed E-state index contributed by atoms with van der Waals surface area (Å²) in [5, 5.41) is 0. The maximum absolute atomic E-state index is 2.39. The summed E-state index contributed by atoms with van der Waals surface area (Å²) in [7, 11) is 0. The van der Waals surface area contributed by atoms with E-state index in [-0.39, 0.29) is 5.41 Å². The maximum atomic E-state index is 2.39. The van der Waals surface area contributed by atoms with Gasteiger partial charge in [-0.3, -0.25) is 0 Å². The highest BCUT2D eigenvalue weighted by Crippen LogP contribution is 2.60. The molecule has 1 aromatic rings. The van der Waals surface area contributed by atoms with Crippen LogP contribution in [0.25, 0.3) is 0 Å². The lowest BCUT2D eigenvalue weighted by Crippen LogP contribution is -2.24. The van der Waals surface area contributed by atoms with E-state index in [1.54, 1.807) is 0 Å². The van der Waals surface area contributed by atoms with Crippen molar-refractivity contribution in [2.75, 3.05) is 0 Å². The standard InChI is InChI=1S/C18H28/c1-16(2,3)15-9-7-14(8-10-15)13-18(11-12-18)17(4,5)6/h7-10H,11-13H2,1-6H3. The lowest BCUT2D eigenvalue weighted by atomic mass is 9.74. The third kappa shape index (κ3) is 2.63. The molecule has 0 unspecified atom stereocenters. The zero-order valence-corrected chi connectivity index (χ0v) is 12.9. The molecule has 1 fully saturated rings. The molecule has 0 atom stereocenters. The second-order valence-corrected chi connectivity index (χ2v) is 8.15. The molecule has 0 bridgehead atoms. The van der Waals surface area contributed by atoms with Crippen LogP contribution in [-0.4, -0.2) is 0 Å². The minimum absolute atomic E-state index is 0.264. The molecule has 0 aliphatic heterocycles. The summed E-state index contributed by atoms with van der Waals surface area (Å²) >= 11 is 0. The lowest BCUT2D eigenvalue weighted by molar-refractivity contribution is 0.212. The van der Waals surface area contributed by atoms with Crippen molar-refractivity contribution in [2.24, 2.45) is 10.8 Å². The smallest absolute Gasteiger partial charge is 0.0132 e. The van der Waals surface area contributed by atoms with E-state index >= 15 is 0 Å². The first-order chi connectivity index (χ1) is 8.14. The molecular formula is C18H28. The van der Waals surface area contributed by atoms with Gasteiger partial charge in [0.05, 0.1) is 0 Å². The molecule has 0 nitrogen and oxygen atoms in total. The quantitative estimate of drug-likeness (QED) is 0.657. The van der Waals surface area contributed by atoms with E-state index in [4.69, 9.17) is 0 Å². The first kappa shape index (κ1) is 13.6. The highest BCUT2D eigenvalue weighted by Gasteiger charge is 2.51. The summed E-state index contributed by atoms with van der Waals surface area (Å²) in [5.74, 6) is 0. The zero-order valence-electron chi connectivity index (χ0n) is 12.9. The molecule has 0 saturated heterocycles. The van der Waals surface area contributed by atoms with Crippen molar-refractivity contribution >= 4 is 0 Å². The molecule has 2 rings (SSSR count). The second kappa shape index (κ2) is 4.11. The Balaban J connectivity index is 2.13. The molecule has 0 radical (unpaired) electrons. The van der Waals surface area contributed by atoms with Gasteiger partial charge in [-0.1, -0.05) is 65.8 Å². The SMILES string of the molecule is CC(C)(C)c1ccc(CC2(C(C)(C)C)CC2)cc1. The van der Waals surface area contributed by atoms with Crippen molar-refractivity contribution in [1.29, 1.82) is 0 Å². The summed E-state index contributed by atoms with van der Waals surface area (Å²) in [5.41, 5.74) is 4.22. The van der Waals surface area contributed by atoms with E-state index in [1.165, 1.54) is 30.4 Å². The Morgan fingerprint density at radius 2 is 1.39 bits per heavy atom. The van der Waals surface area contributed by atoms with Crippen LogP contribution < -0.4 is 0 Å². The van der Waals surface area contributed by atoms with E-state index in [9.17, 15) is 0 Å². The van der Waals surface area contributed by atoms with Crippen molar-refractivity contribution in [3.63, 3.8) is 0 Å². The van der Waals surface area contributed by atoms with Gasteiger partial charge in [-0.15, -0.1) is 0 Å². The maximum Gasteiger partial charge on any atom is -0.0132 e. The third-order valence-corrected chi connectivity index (χ3v) is 4.81. The van der Waals surface area contributed by atoms with Crippen LogP contribution >= 0.6 is 0 Å². The first-order valence-electron chi connectivity index (χ1n) is 7.24. The molecule has 0 heteroatoms. The van der Waals surface area contributed by atoms with Gasteiger partial charge in [0, 0.05) is 0 Å². The van der Waals surface area contributed by atoms with Crippen molar-refractivity contribution in [2.45, 2.75) is 66.2 Å². The van der Waals surface area contributed by atoms with Crippen molar-refractivity contribution in [3.8, 4) is 0 Å². The predicted octanol–water partition coefficient (Wildman–Crippen LogP) is 5.35. The summed E-state index contributed by atoms with van der Waals surface area (Å²) < 4.78 is 0. The van der Waals surface area contributed by atoms with Gasteiger partial charge in [0.25, 0.3) is 0 Å². The van der Waals surface area contributed by atoms with E-state index < -0.39 is 0 Å². The molecule has 0 N–H and O–H groups in total. The molecule has 100 valence electrons. The van der Waals surface area contributed by atoms with E-state index in [0.29, 0.717) is 10.8 Å². The van der Waals surface area contributed by atoms with Gasteiger partial charge in [-0.25, -0.2) is 0 Å². The summed E-state index contributed by atoms with van der Waals surface area (Å²) in [4.78, 5) is 0. The van der Waals surface area contributed by atoms with Crippen LogP contribution in [0, 0.1) is 10.8 Å². The molecule has 0 amide bonds. The molecular weight excluding hydrogens is 216 g/mol. The van der Waals surface area contributed by atoms with Crippen LogP contribution in [0.3, 0.4) is 0 Å². The minimum atomic E-state index is 0.264. The third-order valence-electron chi connectivity index (χ3n) is 4.81. The molecule has 1 aliphatic carbocycles. The van der Waals surface area contributed by atoms with Gasteiger partial charge in [-0.05, 0) is 46.6 Å². The Morgan fingerprint density at radius 1 is 0.889 bits per heavy atom. The molecule has 18 heavy (non-hydrogen) atoms. The van der Waals surface area contributed by atoms with Gasteiger partial charge >= 0.3 is 0 Å². The van der Waals surface area contributed by atoms with Gasteiger partial charge in [0.2, 0.25) is 0 Å². The lowest BCUT2D eigenvalue weighted by Gasteiger charge is -2.31. The van der Waals surface area contributed by atoms with E-state index in [2.05, 4.69) is 65.8 Å². The van der Waals surface area contributed by atoms with Crippen molar-refractivity contribution in [1.82, 2.24) is 0 Å². The Hall–Kier alpha value is -0.780. The van der Waals surface area contributed by atoms with E-state index in [0.717, 1.165) is 0 Å². The number of hydrogen-bond donors (Lipinski definition) is 0. The van der Waals surface area contributed by atoms with Gasteiger partial charge in [0.15, 0.2) is 0 Å². The first-order valence-corrected chi connectivity index (χ1v) is 7.24. The number of hydrogen-bond acceptors (Lipinski definition) is 0. The molecule has 1 saturated carbocycles. The highest BCUT2D eigenvalue weighted by atomic mass is 14.6. The molecule has 0 spiro atoms. The Kier molecular flexibility index (Phi) is 3.12. The molecule has 0 heterocycles. The fourth-order valence-corrected chi connectivity index (χ4v) is 2.86. The molecule has 0 aromatic heterocycles. The van der Waals surface area contributed by atoms with Gasteiger partial charge in [-0.2, -0.15) is 0 Å². The fourth-order valence-electron chi connectivity index (χ4n) is 2.86. The van der Waals surface area contributed by atoms with E-state index in [1.807, 2.05) is 0 Å². The Bertz CT molecular complexity index is 405. The van der Waals surface area contributed by atoms with Crippen LogP contribution in [0.2, 0.25) is 0 Å². The molecule has 1 aromatic carbocycles. The van der Waals surface area contributed by atoms with Gasteiger partial charge in [0.1, 0.15) is 0 Å². The van der Waals surface area contributed by atoms with Crippen molar-refractivity contribution in [3.05, 3.63) is 35.4 Å². The van der Waals surface area contributed by atoms with Crippen LogP contribution in [0.5, 0.6) is 0 Å².